The Balaban J connectivity index is 1.54. The quantitative estimate of drug-likeness (QED) is 0.223. The number of nitrogens with one attached hydrogen (secondary N) is 1. The number of hydrogen-bond acceptors (Lipinski definition) is 6. The molecule has 0 saturated heterocycles. The summed E-state index contributed by atoms with van der Waals surface area (Å²) in [7, 11) is 0. The van der Waals surface area contributed by atoms with Crippen molar-refractivity contribution in [1.29, 1.82) is 0 Å². The van der Waals surface area contributed by atoms with Crippen LogP contribution in [0.2, 0.25) is 0 Å². The predicted molar refractivity (Wildman–Crippen MR) is 124 cm³/mol. The van der Waals surface area contributed by atoms with Crippen molar-refractivity contribution in [3.63, 3.8) is 0 Å². The SMILES string of the molecule is C/C(=N/NC(=O)CSc1nnc(-c2ccccc2)n1-c1ccc(Br)cc1)c1ccco1. The minimum Gasteiger partial charge on any atom is -0.463 e. The first-order chi connectivity index (χ1) is 15.1. The van der Waals surface area contributed by atoms with Gasteiger partial charge in [0.25, 0.3) is 5.91 Å². The monoisotopic (exact) mass is 495 g/mol. The van der Waals surface area contributed by atoms with E-state index in [1.165, 1.54) is 11.8 Å². The van der Waals surface area contributed by atoms with Crippen molar-refractivity contribution in [3.05, 3.63) is 83.2 Å². The number of aromatic nitrogens is 3. The molecule has 2 aromatic carbocycles. The van der Waals surface area contributed by atoms with E-state index in [2.05, 4.69) is 36.7 Å². The molecule has 0 atom stereocenters. The summed E-state index contributed by atoms with van der Waals surface area (Å²) >= 11 is 4.76. The van der Waals surface area contributed by atoms with Crippen molar-refractivity contribution in [3.8, 4) is 17.1 Å². The van der Waals surface area contributed by atoms with Crippen molar-refractivity contribution in [2.75, 3.05) is 5.75 Å². The molecule has 156 valence electrons. The summed E-state index contributed by atoms with van der Waals surface area (Å²) in [6, 6.07) is 21.2. The number of halogens is 1. The summed E-state index contributed by atoms with van der Waals surface area (Å²) in [5.74, 6) is 1.20. The van der Waals surface area contributed by atoms with Crippen LogP contribution in [-0.2, 0) is 4.79 Å². The first-order valence-electron chi connectivity index (χ1n) is 9.38. The van der Waals surface area contributed by atoms with Gasteiger partial charge < -0.3 is 4.42 Å². The second kappa shape index (κ2) is 9.76. The molecule has 1 N–H and O–H groups in total. The van der Waals surface area contributed by atoms with E-state index in [1.807, 2.05) is 59.2 Å². The maximum atomic E-state index is 12.3. The van der Waals surface area contributed by atoms with E-state index in [0.29, 0.717) is 22.5 Å². The number of carbonyl (C=O) groups is 1. The molecular weight excluding hydrogens is 478 g/mol. The number of nitrogens with zero attached hydrogens (tertiary/aromatic N) is 4. The van der Waals surface area contributed by atoms with E-state index in [-0.39, 0.29) is 11.7 Å². The third-order valence-corrected chi connectivity index (χ3v) is 5.77. The minimum atomic E-state index is -0.248. The zero-order valence-corrected chi connectivity index (χ0v) is 18.9. The molecule has 7 nitrogen and oxygen atoms in total. The van der Waals surface area contributed by atoms with Gasteiger partial charge in [0.2, 0.25) is 0 Å². The lowest BCUT2D eigenvalue weighted by Crippen LogP contribution is -2.21. The van der Waals surface area contributed by atoms with Crippen LogP contribution in [0.15, 0.2) is 92.1 Å². The molecule has 1 amide bonds. The van der Waals surface area contributed by atoms with Gasteiger partial charge in [-0.15, -0.1) is 10.2 Å². The molecule has 4 aromatic rings. The van der Waals surface area contributed by atoms with Gasteiger partial charge in [-0.1, -0.05) is 58.0 Å². The smallest absolute Gasteiger partial charge is 0.250 e. The molecule has 0 fully saturated rings. The molecule has 0 aliphatic rings. The van der Waals surface area contributed by atoms with Crippen LogP contribution in [0.5, 0.6) is 0 Å². The largest absolute Gasteiger partial charge is 0.463 e. The van der Waals surface area contributed by atoms with E-state index in [4.69, 9.17) is 4.42 Å². The second-order valence-corrected chi connectivity index (χ2v) is 8.34. The molecule has 0 saturated carbocycles. The van der Waals surface area contributed by atoms with Crippen molar-refractivity contribution >= 4 is 39.3 Å². The fourth-order valence-electron chi connectivity index (χ4n) is 2.81. The molecule has 0 unspecified atom stereocenters. The normalized spacial score (nSPS) is 11.5. The third-order valence-electron chi connectivity index (χ3n) is 4.31. The number of benzene rings is 2. The van der Waals surface area contributed by atoms with Crippen molar-refractivity contribution in [2.24, 2.45) is 5.10 Å². The summed E-state index contributed by atoms with van der Waals surface area (Å²) in [5, 5.41) is 13.4. The van der Waals surface area contributed by atoms with Crippen LogP contribution in [0.3, 0.4) is 0 Å². The highest BCUT2D eigenvalue weighted by Crippen LogP contribution is 2.28. The highest BCUT2D eigenvalue weighted by Gasteiger charge is 2.17. The Kier molecular flexibility index (Phi) is 6.63. The van der Waals surface area contributed by atoms with Gasteiger partial charge in [0.05, 0.1) is 12.0 Å². The van der Waals surface area contributed by atoms with Gasteiger partial charge in [-0.25, -0.2) is 5.43 Å². The van der Waals surface area contributed by atoms with Crippen molar-refractivity contribution in [1.82, 2.24) is 20.2 Å². The number of carbonyl (C=O) groups excluding carboxylic acids is 1. The number of amides is 1. The molecular formula is C22H18BrN5O2S. The van der Waals surface area contributed by atoms with Gasteiger partial charge in [-0.3, -0.25) is 9.36 Å². The fourth-order valence-corrected chi connectivity index (χ4v) is 3.82. The Bertz CT molecular complexity index is 1190. The number of furan rings is 1. The lowest BCUT2D eigenvalue weighted by Gasteiger charge is -2.10. The van der Waals surface area contributed by atoms with Gasteiger partial charge in [-0.05, 0) is 43.3 Å². The molecule has 31 heavy (non-hydrogen) atoms. The number of thioether (sulfide) groups is 1. The zero-order valence-electron chi connectivity index (χ0n) is 16.5. The standard InChI is InChI=1S/C22H18BrN5O2S/c1-15(19-8-5-13-30-19)24-25-20(29)14-31-22-27-26-21(16-6-3-2-4-7-16)28(22)18-11-9-17(23)10-12-18/h2-13H,14H2,1H3,(H,25,29)/b24-15-. The van der Waals surface area contributed by atoms with Crippen LogP contribution < -0.4 is 5.43 Å². The summed E-state index contributed by atoms with van der Waals surface area (Å²) in [6.45, 7) is 1.77. The molecule has 0 spiro atoms. The van der Waals surface area contributed by atoms with Crippen LogP contribution in [0.1, 0.15) is 12.7 Å². The number of hydrogen-bond donors (Lipinski definition) is 1. The maximum absolute atomic E-state index is 12.3. The molecule has 0 aliphatic heterocycles. The van der Waals surface area contributed by atoms with E-state index in [0.717, 1.165) is 15.7 Å². The highest BCUT2D eigenvalue weighted by atomic mass is 79.9. The van der Waals surface area contributed by atoms with E-state index >= 15 is 0 Å². The topological polar surface area (TPSA) is 85.3 Å². The van der Waals surface area contributed by atoms with Crippen molar-refractivity contribution < 1.29 is 9.21 Å². The number of rotatable bonds is 7. The average molecular weight is 496 g/mol. The molecule has 0 bridgehead atoms. The Morgan fingerprint density at radius 2 is 1.87 bits per heavy atom. The Hall–Kier alpha value is -3.17. The van der Waals surface area contributed by atoms with Gasteiger partial charge in [-0.2, -0.15) is 5.10 Å². The van der Waals surface area contributed by atoms with Crippen LogP contribution in [-0.4, -0.2) is 32.1 Å². The average Bonchev–Trinajstić information content (AvgIpc) is 3.48. The maximum Gasteiger partial charge on any atom is 0.250 e. The molecule has 4 rings (SSSR count). The van der Waals surface area contributed by atoms with Crippen molar-refractivity contribution in [2.45, 2.75) is 12.1 Å². The Labute approximate surface area is 191 Å². The predicted octanol–water partition coefficient (Wildman–Crippen LogP) is 4.92. The van der Waals surface area contributed by atoms with Crippen LogP contribution in [0, 0.1) is 0 Å². The molecule has 2 aromatic heterocycles. The lowest BCUT2D eigenvalue weighted by atomic mass is 10.2. The van der Waals surface area contributed by atoms with Gasteiger partial charge in [0, 0.05) is 15.7 Å². The number of hydrazone groups is 1. The molecule has 9 heteroatoms. The van der Waals surface area contributed by atoms with Crippen LogP contribution in [0.25, 0.3) is 17.1 Å². The lowest BCUT2D eigenvalue weighted by molar-refractivity contribution is -0.118. The summed E-state index contributed by atoms with van der Waals surface area (Å²) in [6.07, 6.45) is 1.56. The molecule has 2 heterocycles. The van der Waals surface area contributed by atoms with Gasteiger partial charge in [0.15, 0.2) is 11.0 Å². The minimum absolute atomic E-state index is 0.137. The Morgan fingerprint density at radius 3 is 2.58 bits per heavy atom. The fraction of sp³-hybridized carbons (Fsp3) is 0.0909. The first kappa shape index (κ1) is 21.1. The van der Waals surface area contributed by atoms with Gasteiger partial charge in [0.1, 0.15) is 11.5 Å². The second-order valence-electron chi connectivity index (χ2n) is 6.48. The van der Waals surface area contributed by atoms with Crippen LogP contribution in [0.4, 0.5) is 0 Å². The summed E-state index contributed by atoms with van der Waals surface area (Å²) < 4.78 is 8.18. The van der Waals surface area contributed by atoms with E-state index in [1.54, 1.807) is 25.3 Å². The molecule has 0 aliphatic carbocycles. The first-order valence-corrected chi connectivity index (χ1v) is 11.2. The summed E-state index contributed by atoms with van der Waals surface area (Å²) in [5.41, 5.74) is 4.98. The third kappa shape index (κ3) is 5.12. The van der Waals surface area contributed by atoms with Gasteiger partial charge >= 0.3 is 0 Å². The highest BCUT2D eigenvalue weighted by molar-refractivity contribution is 9.10. The van der Waals surface area contributed by atoms with E-state index in [9.17, 15) is 4.79 Å². The Morgan fingerprint density at radius 1 is 1.10 bits per heavy atom. The summed E-state index contributed by atoms with van der Waals surface area (Å²) in [4.78, 5) is 12.3. The molecule has 0 radical (unpaired) electrons. The van der Waals surface area contributed by atoms with E-state index < -0.39 is 0 Å². The zero-order chi connectivity index (χ0) is 21.6. The van der Waals surface area contributed by atoms with Crippen LogP contribution >= 0.6 is 27.7 Å².